The molecule has 0 saturated carbocycles. The van der Waals surface area contributed by atoms with Crippen molar-refractivity contribution in [2.45, 2.75) is 89.8 Å². The minimum absolute atomic E-state index is 0.0000182. The average molecular weight is 921 g/mol. The van der Waals surface area contributed by atoms with E-state index >= 15 is 0 Å². The Balaban J connectivity index is 1.09. The molecule has 1 saturated heterocycles. The highest BCUT2D eigenvalue weighted by Gasteiger charge is 2.30. The van der Waals surface area contributed by atoms with E-state index in [-0.39, 0.29) is 73.3 Å². The van der Waals surface area contributed by atoms with Gasteiger partial charge in [-0.3, -0.25) is 38.7 Å². The normalized spacial score (nSPS) is 15.6. The van der Waals surface area contributed by atoms with E-state index in [2.05, 4.69) is 26.3 Å². The average Bonchev–Trinajstić information content (AvgIpc) is 3.63. The molecule has 0 aliphatic carbocycles. The number of amides is 9. The number of rotatable bonds is 22. The SMILES string of the molecule is CC(C)[C@H](NC(=O)CCCCCN1C(=O)C=CC1=O)C(=O)N[C@@H](CCCNC(N)=O)C(=O)Nc1ccc(COC(=O)N2CCC[C@@H](c3ccc(N=Cc4cccc(C(N)=O)c4N)cc3)C2)cc1. The molecule has 5 rings (SSSR count). The minimum atomic E-state index is -1.04. The van der Waals surface area contributed by atoms with Crippen LogP contribution >= 0.6 is 0 Å². The van der Waals surface area contributed by atoms with Crippen LogP contribution in [0.5, 0.6) is 0 Å². The number of primary amides is 2. The monoisotopic (exact) mass is 920 g/mol. The highest BCUT2D eigenvalue weighted by atomic mass is 16.6. The quantitative estimate of drug-likeness (QED) is 0.0327. The zero-order valence-electron chi connectivity index (χ0n) is 37.8. The molecule has 0 spiro atoms. The minimum Gasteiger partial charge on any atom is -0.445 e. The summed E-state index contributed by atoms with van der Waals surface area (Å²) in [5.74, 6) is -2.98. The van der Waals surface area contributed by atoms with Crippen LogP contribution in [0.4, 0.5) is 26.7 Å². The lowest BCUT2D eigenvalue weighted by atomic mass is 9.91. The van der Waals surface area contributed by atoms with Crippen LogP contribution in [0.2, 0.25) is 0 Å². The molecule has 2 aliphatic heterocycles. The van der Waals surface area contributed by atoms with Crippen molar-refractivity contribution >= 4 is 70.8 Å². The van der Waals surface area contributed by atoms with Crippen molar-refractivity contribution in [3.05, 3.63) is 101 Å². The van der Waals surface area contributed by atoms with Crippen molar-refractivity contribution in [1.29, 1.82) is 0 Å². The van der Waals surface area contributed by atoms with E-state index in [1.54, 1.807) is 67.4 Å². The lowest BCUT2D eigenvalue weighted by molar-refractivity contribution is -0.137. The molecule has 0 aromatic heterocycles. The fourth-order valence-corrected chi connectivity index (χ4v) is 7.66. The first-order valence-electron chi connectivity index (χ1n) is 22.4. The molecule has 67 heavy (non-hydrogen) atoms. The van der Waals surface area contributed by atoms with Gasteiger partial charge in [0, 0.05) is 68.1 Å². The van der Waals surface area contributed by atoms with Gasteiger partial charge in [0.05, 0.1) is 16.9 Å². The third-order valence-electron chi connectivity index (χ3n) is 11.4. The summed E-state index contributed by atoms with van der Waals surface area (Å²) >= 11 is 0. The maximum Gasteiger partial charge on any atom is 0.410 e. The number of aliphatic imine (C=N–C) groups is 1. The van der Waals surface area contributed by atoms with Crippen molar-refractivity contribution in [3.8, 4) is 0 Å². The number of nitrogens with zero attached hydrogens (tertiary/aromatic N) is 3. The van der Waals surface area contributed by atoms with Gasteiger partial charge in [0.2, 0.25) is 17.7 Å². The molecule has 0 radical (unpaired) electrons. The van der Waals surface area contributed by atoms with Gasteiger partial charge >= 0.3 is 12.1 Å². The Hall–Kier alpha value is -7.57. The Morgan fingerprint density at radius 1 is 0.866 bits per heavy atom. The molecule has 3 aromatic carbocycles. The summed E-state index contributed by atoms with van der Waals surface area (Å²) in [6, 6.07) is 16.8. The summed E-state index contributed by atoms with van der Waals surface area (Å²) in [5.41, 5.74) is 20.6. The Kier molecular flexibility index (Phi) is 18.5. The topological polar surface area (TPSA) is 291 Å². The van der Waals surface area contributed by atoms with E-state index in [0.29, 0.717) is 61.3 Å². The van der Waals surface area contributed by atoms with E-state index in [9.17, 15) is 38.4 Å². The number of benzene rings is 3. The molecular formula is C48H60N10O9. The van der Waals surface area contributed by atoms with Crippen LogP contribution in [0.25, 0.3) is 0 Å². The number of carbonyl (C=O) groups is 8. The van der Waals surface area contributed by atoms with Gasteiger partial charge in [0.25, 0.3) is 17.7 Å². The highest BCUT2D eigenvalue weighted by Crippen LogP contribution is 2.29. The smallest absolute Gasteiger partial charge is 0.410 e. The number of carbonyl (C=O) groups excluding carboxylic acids is 8. The molecule has 19 nitrogen and oxygen atoms in total. The molecule has 10 N–H and O–H groups in total. The molecule has 356 valence electrons. The second kappa shape index (κ2) is 24.6. The van der Waals surface area contributed by atoms with Crippen LogP contribution in [0, 0.1) is 5.92 Å². The van der Waals surface area contributed by atoms with Crippen LogP contribution in [0.15, 0.2) is 83.9 Å². The van der Waals surface area contributed by atoms with Crippen LogP contribution < -0.4 is 38.5 Å². The van der Waals surface area contributed by atoms with Crippen molar-refractivity contribution in [3.63, 3.8) is 0 Å². The summed E-state index contributed by atoms with van der Waals surface area (Å²) in [5, 5.41) is 10.8. The maximum absolute atomic E-state index is 13.6. The van der Waals surface area contributed by atoms with Gasteiger partial charge in [-0.2, -0.15) is 0 Å². The lowest BCUT2D eigenvalue weighted by Crippen LogP contribution is -2.54. The fraction of sp³-hybridized carbons (Fsp3) is 0.396. The number of nitrogens with one attached hydrogen (secondary N) is 4. The molecule has 0 bridgehead atoms. The van der Waals surface area contributed by atoms with Crippen molar-refractivity contribution in [2.75, 3.05) is 37.2 Å². The van der Waals surface area contributed by atoms with E-state index < -0.39 is 41.9 Å². The molecule has 19 heteroatoms. The standard InChI is InChI=1S/C48H60N10O9/c1-30(2)43(56-39(59)13-4-3-5-26-58-40(60)22-23-41(58)61)46(64)55-38(12-7-24-52-47(51)65)45(63)54-36-18-14-31(15-19-36)29-67-48(66)57-25-8-10-34(28-57)32-16-20-35(21-17-32)53-27-33-9-6-11-37(42(33)49)44(50)62/h6,9,11,14-23,27,30,34,38,43H,3-5,7-8,10,12-13,24-26,28-29,49H2,1-2H3,(H2,50,62)(H,54,63)(H,55,64)(H,56,59)(H3,51,52,65)/t34-,38+,43+/m1/s1. The number of ether oxygens (including phenoxy) is 1. The predicted octanol–water partition coefficient (Wildman–Crippen LogP) is 4.13. The number of hydrogen-bond acceptors (Lipinski definition) is 11. The second-order valence-electron chi connectivity index (χ2n) is 16.8. The number of nitrogen functional groups attached to an aromatic ring is 1. The fourth-order valence-electron chi connectivity index (χ4n) is 7.66. The first-order chi connectivity index (χ1) is 32.1. The van der Waals surface area contributed by atoms with Gasteiger partial charge in [-0.25, -0.2) is 9.59 Å². The zero-order chi connectivity index (χ0) is 48.5. The van der Waals surface area contributed by atoms with Gasteiger partial charge in [0.15, 0.2) is 0 Å². The van der Waals surface area contributed by atoms with Crippen molar-refractivity contribution in [2.24, 2.45) is 22.4 Å². The number of hydrogen-bond donors (Lipinski definition) is 7. The Morgan fingerprint density at radius 3 is 2.25 bits per heavy atom. The number of urea groups is 1. The number of imide groups is 1. The third kappa shape index (κ3) is 15.3. The molecule has 2 heterocycles. The van der Waals surface area contributed by atoms with Crippen LogP contribution in [0.1, 0.15) is 98.2 Å². The summed E-state index contributed by atoms with van der Waals surface area (Å²) in [4.78, 5) is 107. The number of para-hydroxylation sites is 1. The number of piperidine rings is 1. The van der Waals surface area contributed by atoms with E-state index in [1.807, 2.05) is 24.3 Å². The molecule has 9 amide bonds. The van der Waals surface area contributed by atoms with Crippen molar-refractivity contribution in [1.82, 2.24) is 25.8 Å². The predicted molar refractivity (Wildman–Crippen MR) is 252 cm³/mol. The van der Waals surface area contributed by atoms with E-state index in [4.69, 9.17) is 21.9 Å². The van der Waals surface area contributed by atoms with Crippen LogP contribution in [0.3, 0.4) is 0 Å². The Morgan fingerprint density at radius 2 is 1.58 bits per heavy atom. The largest absolute Gasteiger partial charge is 0.445 e. The van der Waals surface area contributed by atoms with Crippen molar-refractivity contribution < 1.29 is 43.1 Å². The Bertz CT molecular complexity index is 2310. The molecule has 2 aliphatic rings. The number of unbranched alkanes of at least 4 members (excludes halogenated alkanes) is 2. The number of nitrogens with two attached hydrogens (primary N) is 3. The van der Waals surface area contributed by atoms with Gasteiger partial charge < -0.3 is 48.1 Å². The van der Waals surface area contributed by atoms with Crippen LogP contribution in [-0.2, 0) is 35.3 Å². The van der Waals surface area contributed by atoms with Gasteiger partial charge in [-0.05, 0) is 85.9 Å². The van der Waals surface area contributed by atoms with Crippen LogP contribution in [-0.4, -0.2) is 102 Å². The zero-order valence-corrected chi connectivity index (χ0v) is 37.8. The summed E-state index contributed by atoms with van der Waals surface area (Å²) in [6.07, 6.45) is 7.47. The van der Waals surface area contributed by atoms with Gasteiger partial charge in [-0.15, -0.1) is 0 Å². The summed E-state index contributed by atoms with van der Waals surface area (Å²) in [7, 11) is 0. The first-order valence-corrected chi connectivity index (χ1v) is 22.4. The number of anilines is 2. The van der Waals surface area contributed by atoms with Gasteiger partial charge in [-0.1, -0.05) is 56.7 Å². The number of likely N-dealkylation sites (tertiary alicyclic amines) is 1. The molecule has 0 unspecified atom stereocenters. The lowest BCUT2D eigenvalue weighted by Gasteiger charge is -2.32. The van der Waals surface area contributed by atoms with E-state index in [1.165, 1.54) is 12.2 Å². The Labute approximate surface area is 389 Å². The maximum atomic E-state index is 13.6. The molecule has 3 aromatic rings. The molecule has 1 fully saturated rings. The van der Waals surface area contributed by atoms with Gasteiger partial charge in [0.1, 0.15) is 18.7 Å². The molecule has 3 atom stereocenters. The molecular weight excluding hydrogens is 861 g/mol. The van der Waals surface area contributed by atoms with E-state index in [0.717, 1.165) is 23.3 Å². The second-order valence-corrected chi connectivity index (χ2v) is 16.8. The summed E-state index contributed by atoms with van der Waals surface area (Å²) < 4.78 is 5.68. The summed E-state index contributed by atoms with van der Waals surface area (Å²) in [6.45, 7) is 5.00. The highest BCUT2D eigenvalue weighted by molar-refractivity contribution is 6.12. The first kappa shape index (κ1) is 50.4. The third-order valence-corrected chi connectivity index (χ3v) is 11.4.